The fourth-order valence-corrected chi connectivity index (χ4v) is 4.10. The van der Waals surface area contributed by atoms with Crippen LogP contribution in [0.2, 0.25) is 5.02 Å². The minimum absolute atomic E-state index is 0.263. The number of carbonyl (C=O) groups excluding carboxylic acids is 1. The average Bonchev–Trinajstić information content (AvgIpc) is 3.09. The summed E-state index contributed by atoms with van der Waals surface area (Å²) in [6.45, 7) is 4.44. The molecule has 2 aliphatic rings. The lowest BCUT2D eigenvalue weighted by atomic mass is 9.84. The van der Waals surface area contributed by atoms with Crippen LogP contribution >= 0.6 is 11.6 Å². The predicted octanol–water partition coefficient (Wildman–Crippen LogP) is 2.76. The highest BCUT2D eigenvalue weighted by Gasteiger charge is 2.46. The van der Waals surface area contributed by atoms with Crippen LogP contribution in [0.3, 0.4) is 0 Å². The zero-order chi connectivity index (χ0) is 17.3. The van der Waals surface area contributed by atoms with E-state index >= 15 is 0 Å². The number of carbonyl (C=O) groups is 1. The Labute approximate surface area is 153 Å². The van der Waals surface area contributed by atoms with Crippen LogP contribution < -0.4 is 0 Å². The Hall–Kier alpha value is -1.85. The molecule has 5 nitrogen and oxygen atoms in total. The van der Waals surface area contributed by atoms with E-state index in [0.29, 0.717) is 0 Å². The third kappa shape index (κ3) is 3.18. The first-order chi connectivity index (χ1) is 12.2. The van der Waals surface area contributed by atoms with Crippen molar-refractivity contribution in [2.24, 2.45) is 0 Å². The van der Waals surface area contributed by atoms with Crippen molar-refractivity contribution in [3.63, 3.8) is 0 Å². The lowest BCUT2D eigenvalue weighted by Crippen LogP contribution is -2.58. The summed E-state index contributed by atoms with van der Waals surface area (Å²) in [5.74, 6) is 0.263. The minimum atomic E-state index is -0.470. The van der Waals surface area contributed by atoms with E-state index in [1.54, 1.807) is 12.5 Å². The van der Waals surface area contributed by atoms with Crippen molar-refractivity contribution in [2.75, 3.05) is 26.2 Å². The number of aromatic nitrogens is 2. The van der Waals surface area contributed by atoms with E-state index in [0.717, 1.165) is 57.0 Å². The van der Waals surface area contributed by atoms with Gasteiger partial charge in [0.2, 0.25) is 5.91 Å². The zero-order valence-corrected chi connectivity index (χ0v) is 15.0. The lowest BCUT2D eigenvalue weighted by molar-refractivity contribution is -0.147. The molecule has 1 amide bonds. The molecule has 2 aliphatic heterocycles. The summed E-state index contributed by atoms with van der Waals surface area (Å²) in [5.41, 5.74) is 0.749. The van der Waals surface area contributed by atoms with Gasteiger partial charge < -0.3 is 9.47 Å². The Bertz CT molecular complexity index is 734. The van der Waals surface area contributed by atoms with Crippen molar-refractivity contribution in [2.45, 2.75) is 31.3 Å². The molecule has 25 heavy (non-hydrogen) atoms. The number of hydrogen-bond acceptors (Lipinski definition) is 3. The third-order valence-corrected chi connectivity index (χ3v) is 5.75. The quantitative estimate of drug-likeness (QED) is 0.844. The number of imidazole rings is 1. The second-order valence-electron chi connectivity index (χ2n) is 7.05. The van der Waals surface area contributed by atoms with Gasteiger partial charge in [-0.05, 0) is 37.0 Å². The number of rotatable bonds is 4. The summed E-state index contributed by atoms with van der Waals surface area (Å²) >= 11 is 6.10. The minimum Gasteiger partial charge on any atom is -0.341 e. The molecule has 0 atom stereocenters. The van der Waals surface area contributed by atoms with Crippen LogP contribution in [0.15, 0.2) is 43.0 Å². The van der Waals surface area contributed by atoms with Crippen molar-refractivity contribution in [3.8, 4) is 0 Å². The van der Waals surface area contributed by atoms with Gasteiger partial charge >= 0.3 is 0 Å². The molecule has 2 fully saturated rings. The Morgan fingerprint density at radius 3 is 2.60 bits per heavy atom. The molecule has 0 saturated carbocycles. The van der Waals surface area contributed by atoms with Crippen molar-refractivity contribution in [1.82, 2.24) is 19.4 Å². The first kappa shape index (κ1) is 16.6. The number of likely N-dealkylation sites (tertiary alicyclic amines) is 2. The molecular formula is C19H23ClN4O. The summed E-state index contributed by atoms with van der Waals surface area (Å²) in [6, 6.07) is 8.02. The molecule has 2 aromatic rings. The van der Waals surface area contributed by atoms with E-state index in [4.69, 9.17) is 11.6 Å². The Balaban J connectivity index is 1.49. The van der Waals surface area contributed by atoms with E-state index in [2.05, 4.69) is 16.0 Å². The monoisotopic (exact) mass is 358 g/mol. The van der Waals surface area contributed by atoms with E-state index in [9.17, 15) is 4.79 Å². The van der Waals surface area contributed by atoms with Gasteiger partial charge in [-0.15, -0.1) is 0 Å². The van der Waals surface area contributed by atoms with Crippen LogP contribution in [0.5, 0.6) is 0 Å². The molecule has 2 saturated heterocycles. The van der Waals surface area contributed by atoms with E-state index < -0.39 is 5.54 Å². The number of benzene rings is 1. The highest BCUT2D eigenvalue weighted by molar-refractivity contribution is 6.30. The molecule has 1 aromatic carbocycles. The maximum absolute atomic E-state index is 13.2. The summed E-state index contributed by atoms with van der Waals surface area (Å²) in [5, 5.41) is 0.773. The molecule has 0 radical (unpaired) electrons. The maximum Gasteiger partial charge on any atom is 0.248 e. The number of hydrogen-bond donors (Lipinski definition) is 0. The van der Waals surface area contributed by atoms with Gasteiger partial charge in [0.05, 0.1) is 6.33 Å². The van der Waals surface area contributed by atoms with E-state index in [1.807, 2.05) is 33.9 Å². The highest BCUT2D eigenvalue weighted by atomic mass is 35.5. The first-order valence-corrected chi connectivity index (χ1v) is 9.30. The van der Waals surface area contributed by atoms with Gasteiger partial charge in [0.25, 0.3) is 0 Å². The number of piperidine rings is 1. The molecule has 0 aliphatic carbocycles. The molecule has 4 rings (SSSR count). The number of amides is 1. The molecular weight excluding hydrogens is 336 g/mol. The number of halogens is 1. The number of nitrogens with zero attached hydrogens (tertiary/aromatic N) is 4. The third-order valence-electron chi connectivity index (χ3n) is 5.52. The summed E-state index contributed by atoms with van der Waals surface area (Å²) in [6.07, 6.45) is 8.25. The van der Waals surface area contributed by atoms with Crippen LogP contribution in [-0.4, -0.2) is 51.4 Å². The maximum atomic E-state index is 13.2. The highest BCUT2D eigenvalue weighted by Crippen LogP contribution is 2.34. The van der Waals surface area contributed by atoms with Crippen molar-refractivity contribution in [3.05, 3.63) is 53.6 Å². The zero-order valence-electron chi connectivity index (χ0n) is 14.3. The summed E-state index contributed by atoms with van der Waals surface area (Å²) < 4.78 is 2.03. The van der Waals surface area contributed by atoms with Gasteiger partial charge in [-0.3, -0.25) is 9.69 Å². The Morgan fingerprint density at radius 2 is 2.00 bits per heavy atom. The lowest BCUT2D eigenvalue weighted by Gasteiger charge is -2.46. The second-order valence-corrected chi connectivity index (χ2v) is 7.49. The molecule has 0 spiro atoms. The molecule has 6 heteroatoms. The Morgan fingerprint density at radius 1 is 1.20 bits per heavy atom. The van der Waals surface area contributed by atoms with Gasteiger partial charge in [-0.25, -0.2) is 4.98 Å². The van der Waals surface area contributed by atoms with Crippen molar-refractivity contribution >= 4 is 17.5 Å². The fourth-order valence-electron chi connectivity index (χ4n) is 3.88. The fraction of sp³-hybridized carbons (Fsp3) is 0.474. The topological polar surface area (TPSA) is 41.4 Å². The van der Waals surface area contributed by atoms with Crippen LogP contribution in [0.1, 0.15) is 24.8 Å². The van der Waals surface area contributed by atoms with Crippen molar-refractivity contribution in [1.29, 1.82) is 0 Å². The van der Waals surface area contributed by atoms with Crippen LogP contribution in [0.4, 0.5) is 0 Å². The standard InChI is InChI=1S/C19H23ClN4O/c20-17-4-1-3-16(13-17)14-22-10-5-19(6-11-22,24-12-7-21-15-24)18(25)23-8-2-9-23/h1,3-4,7,12-13,15H,2,5-6,8-11,14H2. The molecule has 1 aromatic heterocycles. The van der Waals surface area contributed by atoms with Crippen molar-refractivity contribution < 1.29 is 4.79 Å². The molecule has 3 heterocycles. The predicted molar refractivity (Wildman–Crippen MR) is 97.4 cm³/mol. The van der Waals surface area contributed by atoms with Crippen LogP contribution in [-0.2, 0) is 16.9 Å². The Kier molecular flexibility index (Phi) is 4.52. The summed E-state index contributed by atoms with van der Waals surface area (Å²) in [7, 11) is 0. The summed E-state index contributed by atoms with van der Waals surface area (Å²) in [4.78, 5) is 21.7. The van der Waals surface area contributed by atoms with Gasteiger partial charge in [0, 0.05) is 50.1 Å². The first-order valence-electron chi connectivity index (χ1n) is 8.92. The van der Waals surface area contributed by atoms with Crippen LogP contribution in [0, 0.1) is 0 Å². The second kappa shape index (κ2) is 6.81. The van der Waals surface area contributed by atoms with Gasteiger partial charge in [-0.2, -0.15) is 0 Å². The van der Waals surface area contributed by atoms with Gasteiger partial charge in [-0.1, -0.05) is 23.7 Å². The normalized spacial score (nSPS) is 20.3. The van der Waals surface area contributed by atoms with E-state index in [-0.39, 0.29) is 5.91 Å². The smallest absolute Gasteiger partial charge is 0.248 e. The SMILES string of the molecule is O=C(N1CCC1)C1(n2ccnc2)CCN(Cc2cccc(Cl)c2)CC1. The van der Waals surface area contributed by atoms with Gasteiger partial charge in [0.15, 0.2) is 0 Å². The van der Waals surface area contributed by atoms with Gasteiger partial charge in [0.1, 0.15) is 5.54 Å². The van der Waals surface area contributed by atoms with E-state index in [1.165, 1.54) is 5.56 Å². The molecule has 132 valence electrons. The molecule has 0 unspecified atom stereocenters. The molecule has 0 bridgehead atoms. The molecule has 0 N–H and O–H groups in total. The average molecular weight is 359 g/mol. The van der Waals surface area contributed by atoms with Crippen LogP contribution in [0.25, 0.3) is 0 Å². The largest absolute Gasteiger partial charge is 0.341 e.